The van der Waals surface area contributed by atoms with Gasteiger partial charge in [0.15, 0.2) is 0 Å². The molecule has 0 aliphatic heterocycles. The fourth-order valence-electron chi connectivity index (χ4n) is 2.85. The first-order valence-corrected chi connectivity index (χ1v) is 8.03. The second kappa shape index (κ2) is 6.60. The van der Waals surface area contributed by atoms with E-state index in [1.807, 2.05) is 0 Å². The van der Waals surface area contributed by atoms with Gasteiger partial charge in [-0.25, -0.2) is 0 Å². The molecule has 2 rings (SSSR count). The van der Waals surface area contributed by atoms with E-state index in [0.717, 1.165) is 12.3 Å². The quantitative estimate of drug-likeness (QED) is 0.738. The van der Waals surface area contributed by atoms with Crippen molar-refractivity contribution in [2.45, 2.75) is 58.4 Å². The molecule has 0 radical (unpaired) electrons. The lowest BCUT2D eigenvalue weighted by molar-refractivity contribution is 0.502. The second-order valence-electron chi connectivity index (χ2n) is 5.61. The third-order valence-electron chi connectivity index (χ3n) is 4.07. The summed E-state index contributed by atoms with van der Waals surface area (Å²) in [6.45, 7) is 4.61. The lowest BCUT2D eigenvalue weighted by atomic mass is 10.0. The Balaban J connectivity index is 2.04. The van der Waals surface area contributed by atoms with Crippen molar-refractivity contribution >= 4 is 21.6 Å². The van der Waals surface area contributed by atoms with Crippen LogP contribution in [0.5, 0.6) is 0 Å². The Morgan fingerprint density at radius 3 is 2.83 bits per heavy atom. The Hall–Kier alpha value is -0.500. The Morgan fingerprint density at radius 2 is 2.06 bits per heavy atom. The largest absolute Gasteiger partial charge is 0.382 e. The van der Waals surface area contributed by atoms with Crippen LogP contribution in [0, 0.1) is 5.92 Å². The minimum absolute atomic E-state index is 0.668. The van der Waals surface area contributed by atoms with Crippen LogP contribution in [0.3, 0.4) is 0 Å². The molecule has 1 saturated carbocycles. The summed E-state index contributed by atoms with van der Waals surface area (Å²) in [6.07, 6.45) is 7.88. The predicted molar refractivity (Wildman–Crippen MR) is 83.2 cm³/mol. The number of rotatable bonds is 3. The fraction of sp³-hybridized carbons (Fsp3) is 0.625. The van der Waals surface area contributed by atoms with Gasteiger partial charge in [0.25, 0.3) is 0 Å². The van der Waals surface area contributed by atoms with Gasteiger partial charge in [-0.05, 0) is 55.4 Å². The molecule has 1 fully saturated rings. The molecule has 0 heterocycles. The third-order valence-corrected chi connectivity index (χ3v) is 4.56. The average molecular weight is 310 g/mol. The van der Waals surface area contributed by atoms with Crippen molar-refractivity contribution in [3.63, 3.8) is 0 Å². The fourth-order valence-corrected chi connectivity index (χ4v) is 3.26. The molecule has 18 heavy (non-hydrogen) atoms. The van der Waals surface area contributed by atoms with Crippen LogP contribution < -0.4 is 5.32 Å². The van der Waals surface area contributed by atoms with Crippen LogP contribution in [0.15, 0.2) is 22.7 Å². The first-order chi connectivity index (χ1) is 8.69. The van der Waals surface area contributed by atoms with Crippen LogP contribution >= 0.6 is 15.9 Å². The van der Waals surface area contributed by atoms with Gasteiger partial charge in [0, 0.05) is 16.2 Å². The summed E-state index contributed by atoms with van der Waals surface area (Å²) in [5, 5.41) is 3.77. The van der Waals surface area contributed by atoms with E-state index in [1.165, 1.54) is 47.8 Å². The van der Waals surface area contributed by atoms with Crippen molar-refractivity contribution in [1.82, 2.24) is 0 Å². The smallest absolute Gasteiger partial charge is 0.0375 e. The molecule has 1 aliphatic carbocycles. The van der Waals surface area contributed by atoms with E-state index in [4.69, 9.17) is 0 Å². The van der Waals surface area contributed by atoms with E-state index in [9.17, 15) is 0 Å². The standard InChI is InChI=1S/C16H24BrN/c1-3-13-11-14(17)8-10-16(13)18-15-6-4-5-12(2)7-9-15/h8,10-12,15,18H,3-7,9H2,1-2H3. The molecule has 1 N–H and O–H groups in total. The lowest BCUT2D eigenvalue weighted by Gasteiger charge is -2.20. The molecule has 0 spiro atoms. The zero-order valence-electron chi connectivity index (χ0n) is 11.5. The van der Waals surface area contributed by atoms with Gasteiger partial charge < -0.3 is 5.32 Å². The highest BCUT2D eigenvalue weighted by molar-refractivity contribution is 9.10. The minimum atomic E-state index is 0.668. The Bertz CT molecular complexity index is 389. The molecule has 0 bridgehead atoms. The van der Waals surface area contributed by atoms with Crippen molar-refractivity contribution < 1.29 is 0 Å². The zero-order chi connectivity index (χ0) is 13.0. The maximum Gasteiger partial charge on any atom is 0.0375 e. The highest BCUT2D eigenvalue weighted by atomic mass is 79.9. The number of hydrogen-bond acceptors (Lipinski definition) is 1. The molecule has 1 nitrogen and oxygen atoms in total. The Morgan fingerprint density at radius 1 is 1.22 bits per heavy atom. The van der Waals surface area contributed by atoms with Gasteiger partial charge in [-0.3, -0.25) is 0 Å². The van der Waals surface area contributed by atoms with Gasteiger partial charge in [0.2, 0.25) is 0 Å². The normalized spacial score (nSPS) is 24.6. The molecule has 2 unspecified atom stereocenters. The Labute approximate surface area is 119 Å². The summed E-state index contributed by atoms with van der Waals surface area (Å²) in [5.74, 6) is 0.910. The minimum Gasteiger partial charge on any atom is -0.382 e. The van der Waals surface area contributed by atoms with Crippen LogP contribution in [0.2, 0.25) is 0 Å². The SMILES string of the molecule is CCc1cc(Br)ccc1NC1CCCC(C)CC1. The lowest BCUT2D eigenvalue weighted by Crippen LogP contribution is -2.19. The van der Waals surface area contributed by atoms with Gasteiger partial charge in [0.05, 0.1) is 0 Å². The zero-order valence-corrected chi connectivity index (χ0v) is 13.1. The van der Waals surface area contributed by atoms with Crippen LogP contribution in [0.25, 0.3) is 0 Å². The second-order valence-corrected chi connectivity index (χ2v) is 6.53. The Kier molecular flexibility index (Phi) is 5.11. The van der Waals surface area contributed by atoms with Gasteiger partial charge in [0.1, 0.15) is 0 Å². The highest BCUT2D eigenvalue weighted by Crippen LogP contribution is 2.27. The van der Waals surface area contributed by atoms with E-state index < -0.39 is 0 Å². The molecular weight excluding hydrogens is 286 g/mol. The van der Waals surface area contributed by atoms with Crippen molar-refractivity contribution in [3.8, 4) is 0 Å². The topological polar surface area (TPSA) is 12.0 Å². The highest BCUT2D eigenvalue weighted by Gasteiger charge is 2.16. The summed E-state index contributed by atoms with van der Waals surface area (Å²) in [7, 11) is 0. The van der Waals surface area contributed by atoms with Crippen molar-refractivity contribution in [1.29, 1.82) is 0 Å². The van der Waals surface area contributed by atoms with Crippen molar-refractivity contribution in [3.05, 3.63) is 28.2 Å². The first kappa shape index (κ1) is 13.9. The first-order valence-electron chi connectivity index (χ1n) is 7.24. The van der Waals surface area contributed by atoms with Crippen molar-refractivity contribution in [2.75, 3.05) is 5.32 Å². The summed E-state index contributed by atoms with van der Waals surface area (Å²) in [4.78, 5) is 0. The van der Waals surface area contributed by atoms with Crippen molar-refractivity contribution in [2.24, 2.45) is 5.92 Å². The molecule has 0 aromatic heterocycles. The summed E-state index contributed by atoms with van der Waals surface area (Å²) in [6, 6.07) is 7.26. The summed E-state index contributed by atoms with van der Waals surface area (Å²) in [5.41, 5.74) is 2.75. The monoisotopic (exact) mass is 309 g/mol. The van der Waals surface area contributed by atoms with E-state index in [2.05, 4.69) is 53.3 Å². The molecule has 100 valence electrons. The maximum atomic E-state index is 3.77. The molecule has 2 atom stereocenters. The van der Waals surface area contributed by atoms with E-state index in [-0.39, 0.29) is 0 Å². The maximum absolute atomic E-state index is 3.77. The molecule has 1 aromatic rings. The van der Waals surface area contributed by atoms with E-state index in [1.54, 1.807) is 0 Å². The molecular formula is C16H24BrN. The predicted octanol–water partition coefficient (Wildman–Crippen LogP) is 5.39. The molecule has 2 heteroatoms. The molecule has 1 aliphatic rings. The van der Waals surface area contributed by atoms with Crippen LogP contribution in [0.4, 0.5) is 5.69 Å². The van der Waals surface area contributed by atoms with Crippen LogP contribution in [-0.4, -0.2) is 6.04 Å². The number of anilines is 1. The molecule has 0 saturated heterocycles. The number of aryl methyl sites for hydroxylation is 1. The van der Waals surface area contributed by atoms with Gasteiger partial charge >= 0.3 is 0 Å². The summed E-state index contributed by atoms with van der Waals surface area (Å²) >= 11 is 3.55. The van der Waals surface area contributed by atoms with Gasteiger partial charge in [-0.1, -0.05) is 42.6 Å². The van der Waals surface area contributed by atoms with Gasteiger partial charge in [-0.2, -0.15) is 0 Å². The number of nitrogens with one attached hydrogen (secondary N) is 1. The molecule has 0 amide bonds. The number of hydrogen-bond donors (Lipinski definition) is 1. The van der Waals surface area contributed by atoms with Gasteiger partial charge in [-0.15, -0.1) is 0 Å². The van der Waals surface area contributed by atoms with E-state index >= 15 is 0 Å². The van der Waals surface area contributed by atoms with Crippen LogP contribution in [0.1, 0.15) is 51.5 Å². The third kappa shape index (κ3) is 3.74. The number of benzene rings is 1. The van der Waals surface area contributed by atoms with Crippen LogP contribution in [-0.2, 0) is 6.42 Å². The average Bonchev–Trinajstić information content (AvgIpc) is 2.56. The number of halogens is 1. The molecule has 1 aromatic carbocycles. The van der Waals surface area contributed by atoms with E-state index in [0.29, 0.717) is 6.04 Å². The summed E-state index contributed by atoms with van der Waals surface area (Å²) < 4.78 is 1.18.